The molecule has 0 amide bonds. The van der Waals surface area contributed by atoms with Crippen LogP contribution in [-0.2, 0) is 45.2 Å². The van der Waals surface area contributed by atoms with Crippen molar-refractivity contribution in [1.82, 2.24) is 19.9 Å². The van der Waals surface area contributed by atoms with E-state index in [0.717, 1.165) is 115 Å². The Hall–Kier alpha value is -5.90. The third kappa shape index (κ3) is 11.8. The molecule has 3 aromatic heterocycles. The summed E-state index contributed by atoms with van der Waals surface area (Å²) in [6, 6.07) is 45.2. The largest absolute Gasteiger partial charge is 2.00 e. The molecule has 0 radical (unpaired) electrons. The summed E-state index contributed by atoms with van der Waals surface area (Å²) in [5.41, 5.74) is 21.1. The SMILES string of the molecule is CCCCCc1ccc(-c2c3nc(c(-c4ccc(CCCCC)cc4)c4ccc([n-]4)c(-c4ccc(CCCCC)cc4)c4nc(c(-c5ccc(CCCCC)cc5)c5ccc2[n-]5)C=C4)C=C3)cc1.[Zn+2]. The molecule has 7 aromatic rings. The van der Waals surface area contributed by atoms with Crippen molar-refractivity contribution in [3.63, 3.8) is 0 Å². The van der Waals surface area contributed by atoms with Crippen LogP contribution in [0.2, 0.25) is 0 Å². The number of fused-ring (bicyclic) bond motifs is 8. The van der Waals surface area contributed by atoms with Crippen molar-refractivity contribution >= 4 is 46.4 Å². The van der Waals surface area contributed by atoms with Gasteiger partial charge in [0.1, 0.15) is 0 Å². The number of unbranched alkanes of at least 4 members (excludes halogenated alkanes) is 8. The van der Waals surface area contributed by atoms with E-state index in [4.69, 9.17) is 19.9 Å². The molecule has 0 atom stereocenters. The van der Waals surface area contributed by atoms with E-state index < -0.39 is 0 Å². The van der Waals surface area contributed by atoms with Crippen molar-refractivity contribution in [2.75, 3.05) is 0 Å². The number of nitrogens with zero attached hydrogens (tertiary/aromatic N) is 4. The first-order valence-electron chi connectivity index (χ1n) is 26.0. The molecule has 0 N–H and O–H groups in total. The Morgan fingerprint density at radius 3 is 0.710 bits per heavy atom. The molecule has 2 aliphatic heterocycles. The molecule has 5 heteroatoms. The van der Waals surface area contributed by atoms with Gasteiger partial charge in [0.05, 0.1) is 22.8 Å². The van der Waals surface area contributed by atoms with Crippen molar-refractivity contribution < 1.29 is 19.5 Å². The monoisotopic (exact) mass is 956 g/mol. The maximum absolute atomic E-state index is 5.56. The predicted molar refractivity (Wildman–Crippen MR) is 291 cm³/mol. The van der Waals surface area contributed by atoms with Crippen LogP contribution >= 0.6 is 0 Å². The molecule has 69 heavy (non-hydrogen) atoms. The number of aryl methyl sites for hydroxylation is 4. The van der Waals surface area contributed by atoms with Gasteiger partial charge in [-0.2, -0.15) is 0 Å². The van der Waals surface area contributed by atoms with E-state index >= 15 is 0 Å². The summed E-state index contributed by atoms with van der Waals surface area (Å²) in [6.07, 6.45) is 27.7. The fourth-order valence-corrected chi connectivity index (χ4v) is 9.94. The summed E-state index contributed by atoms with van der Waals surface area (Å²) < 4.78 is 0. The smallest absolute Gasteiger partial charge is 0.657 e. The Bertz CT molecular complexity index is 2620. The zero-order valence-corrected chi connectivity index (χ0v) is 44.6. The second-order valence-electron chi connectivity index (χ2n) is 19.0. The summed E-state index contributed by atoms with van der Waals surface area (Å²) in [7, 11) is 0. The van der Waals surface area contributed by atoms with E-state index in [1.165, 1.54) is 99.3 Å². The number of aromatic nitrogens is 4. The Morgan fingerprint density at radius 2 is 0.507 bits per heavy atom. The predicted octanol–water partition coefficient (Wildman–Crippen LogP) is 17.5. The zero-order chi connectivity index (χ0) is 46.7. The van der Waals surface area contributed by atoms with E-state index in [-0.39, 0.29) is 19.5 Å². The summed E-state index contributed by atoms with van der Waals surface area (Å²) in [6.45, 7) is 9.06. The molecule has 0 aliphatic carbocycles. The fraction of sp³-hybridized carbons (Fsp3) is 0.312. The summed E-state index contributed by atoms with van der Waals surface area (Å²) >= 11 is 0. The van der Waals surface area contributed by atoms with Crippen LogP contribution in [0.3, 0.4) is 0 Å². The van der Waals surface area contributed by atoms with Gasteiger partial charge in [-0.25, -0.2) is 9.97 Å². The van der Waals surface area contributed by atoms with Gasteiger partial charge in [-0.1, -0.05) is 200 Å². The van der Waals surface area contributed by atoms with E-state index in [0.29, 0.717) is 0 Å². The molecule has 346 valence electrons. The van der Waals surface area contributed by atoms with Gasteiger partial charge < -0.3 is 9.97 Å². The Kier molecular flexibility index (Phi) is 17.3. The first kappa shape index (κ1) is 49.5. The van der Waals surface area contributed by atoms with Crippen LogP contribution in [0.1, 0.15) is 150 Å². The van der Waals surface area contributed by atoms with Crippen LogP contribution in [0.15, 0.2) is 121 Å². The molecule has 0 spiro atoms. The van der Waals surface area contributed by atoms with Crippen molar-refractivity contribution in [3.8, 4) is 44.5 Å². The Balaban J connectivity index is 0.00000642. The maximum Gasteiger partial charge on any atom is 2.00 e. The maximum atomic E-state index is 5.56. The molecule has 0 fully saturated rings. The first-order valence-corrected chi connectivity index (χ1v) is 26.0. The van der Waals surface area contributed by atoms with Gasteiger partial charge in [0.2, 0.25) is 0 Å². The van der Waals surface area contributed by atoms with Gasteiger partial charge in [0.25, 0.3) is 0 Å². The van der Waals surface area contributed by atoms with Crippen molar-refractivity contribution in [3.05, 3.63) is 166 Å². The molecule has 2 aliphatic rings. The van der Waals surface area contributed by atoms with E-state index in [9.17, 15) is 0 Å². The zero-order valence-electron chi connectivity index (χ0n) is 41.7. The fourth-order valence-electron chi connectivity index (χ4n) is 9.94. The van der Waals surface area contributed by atoms with Crippen molar-refractivity contribution in [2.45, 2.75) is 130 Å². The van der Waals surface area contributed by atoms with Crippen LogP contribution in [0.4, 0.5) is 0 Å². The third-order valence-corrected chi connectivity index (χ3v) is 13.9. The number of rotatable bonds is 20. The normalized spacial score (nSPS) is 11.9. The molecule has 9 rings (SSSR count). The standard InChI is InChI=1S/C64H68N4.Zn/c1-5-9-13-17-45-21-29-49(30-22-45)61-53-37-39-55(65-53)62(50-31-23-46(24-32-50)18-14-10-6-2)57-41-43-59(67-57)64(52-35-27-48(28-36-52)20-16-12-8-4)60-44-42-58(68-60)63(56-40-38-54(61)66-56)51-33-25-47(26-34-51)19-15-11-7-3;/h21-44H,5-20H2,1-4H3;/q-2;+2. The average molecular weight is 959 g/mol. The summed E-state index contributed by atoms with van der Waals surface area (Å²) in [5.74, 6) is 0. The summed E-state index contributed by atoms with van der Waals surface area (Å²) in [4.78, 5) is 22.2. The second-order valence-corrected chi connectivity index (χ2v) is 19.0. The average Bonchev–Trinajstić information content (AvgIpc) is 4.23. The molecule has 5 heterocycles. The van der Waals surface area contributed by atoms with Crippen LogP contribution < -0.4 is 9.97 Å². The number of hydrogen-bond acceptors (Lipinski definition) is 2. The van der Waals surface area contributed by atoms with Crippen molar-refractivity contribution in [2.24, 2.45) is 0 Å². The molecular weight excluding hydrogens is 890 g/mol. The molecule has 0 unspecified atom stereocenters. The molecule has 4 nitrogen and oxygen atoms in total. The van der Waals surface area contributed by atoms with Crippen LogP contribution in [0.5, 0.6) is 0 Å². The molecule has 0 saturated heterocycles. The molecular formula is C64H68N4Zn. The van der Waals surface area contributed by atoms with E-state index in [2.05, 4.69) is 173 Å². The van der Waals surface area contributed by atoms with Crippen LogP contribution in [0.25, 0.3) is 90.9 Å². The summed E-state index contributed by atoms with van der Waals surface area (Å²) in [5, 5.41) is 0. The van der Waals surface area contributed by atoms with Crippen LogP contribution in [0, 0.1) is 0 Å². The van der Waals surface area contributed by atoms with Gasteiger partial charge in [0, 0.05) is 0 Å². The van der Waals surface area contributed by atoms with Gasteiger partial charge in [-0.3, -0.25) is 0 Å². The minimum absolute atomic E-state index is 0. The van der Waals surface area contributed by atoms with Gasteiger partial charge in [-0.15, -0.1) is 22.1 Å². The second kappa shape index (κ2) is 24.1. The van der Waals surface area contributed by atoms with Gasteiger partial charge >= 0.3 is 19.5 Å². The van der Waals surface area contributed by atoms with E-state index in [1.807, 2.05) is 0 Å². The van der Waals surface area contributed by atoms with E-state index in [1.54, 1.807) is 0 Å². The minimum atomic E-state index is 0. The number of benzene rings is 4. The topological polar surface area (TPSA) is 54.0 Å². The quantitative estimate of drug-likeness (QED) is 0.0564. The first-order chi connectivity index (χ1) is 33.5. The molecule has 4 aromatic carbocycles. The molecule has 0 saturated carbocycles. The minimum Gasteiger partial charge on any atom is -0.657 e. The Morgan fingerprint density at radius 1 is 0.290 bits per heavy atom. The van der Waals surface area contributed by atoms with Gasteiger partial charge in [-0.05, 0) is 142 Å². The Labute approximate surface area is 424 Å². The van der Waals surface area contributed by atoms with Crippen molar-refractivity contribution in [1.29, 1.82) is 0 Å². The van der Waals surface area contributed by atoms with Gasteiger partial charge in [0.15, 0.2) is 0 Å². The molecule has 8 bridgehead atoms. The van der Waals surface area contributed by atoms with Crippen LogP contribution in [-0.4, -0.2) is 9.97 Å². The third-order valence-electron chi connectivity index (χ3n) is 13.9. The number of hydrogen-bond donors (Lipinski definition) is 0.